The van der Waals surface area contributed by atoms with E-state index in [0.717, 1.165) is 0 Å². The van der Waals surface area contributed by atoms with Gasteiger partial charge in [0.1, 0.15) is 5.75 Å². The first kappa shape index (κ1) is 12.7. The van der Waals surface area contributed by atoms with E-state index >= 15 is 0 Å². The highest BCUT2D eigenvalue weighted by molar-refractivity contribution is 6.03. The minimum atomic E-state index is -1.22. The van der Waals surface area contributed by atoms with Gasteiger partial charge in [0.2, 0.25) is 5.76 Å². The van der Waals surface area contributed by atoms with E-state index in [4.69, 9.17) is 14.3 Å². The average molecular weight is 261 g/mol. The van der Waals surface area contributed by atoms with Crippen LogP contribution in [-0.2, 0) is 0 Å². The molecule has 0 aliphatic rings. The number of furan rings is 1. The molecule has 1 aromatic carbocycles. The van der Waals surface area contributed by atoms with Gasteiger partial charge >= 0.3 is 5.97 Å². The second kappa shape index (κ2) is 5.26. The summed E-state index contributed by atoms with van der Waals surface area (Å²) in [5.41, 5.74) is 0.526. The van der Waals surface area contributed by atoms with Crippen LogP contribution < -0.4 is 10.1 Å². The number of rotatable bonds is 4. The van der Waals surface area contributed by atoms with Gasteiger partial charge in [-0.05, 0) is 24.3 Å². The number of ether oxygens (including phenoxy) is 1. The second-order valence-corrected chi connectivity index (χ2v) is 3.66. The average Bonchev–Trinajstić information content (AvgIpc) is 2.89. The minimum absolute atomic E-state index is 0.0692. The van der Waals surface area contributed by atoms with Crippen molar-refractivity contribution in [3.63, 3.8) is 0 Å². The SMILES string of the molecule is COc1cccc(NC(=O)c2ccc(C(=O)O)o2)c1. The fourth-order valence-corrected chi connectivity index (χ4v) is 1.47. The van der Waals surface area contributed by atoms with E-state index in [1.807, 2.05) is 0 Å². The maximum atomic E-state index is 11.8. The highest BCUT2D eigenvalue weighted by Gasteiger charge is 2.15. The van der Waals surface area contributed by atoms with Gasteiger partial charge in [-0.15, -0.1) is 0 Å². The number of methoxy groups -OCH3 is 1. The highest BCUT2D eigenvalue weighted by atomic mass is 16.5. The second-order valence-electron chi connectivity index (χ2n) is 3.66. The van der Waals surface area contributed by atoms with Crippen molar-refractivity contribution < 1.29 is 23.8 Å². The van der Waals surface area contributed by atoms with Crippen LogP contribution in [0.1, 0.15) is 21.1 Å². The smallest absolute Gasteiger partial charge is 0.371 e. The van der Waals surface area contributed by atoms with Crippen molar-refractivity contribution in [2.24, 2.45) is 0 Å². The molecule has 1 aromatic heterocycles. The largest absolute Gasteiger partial charge is 0.497 e. The zero-order valence-corrected chi connectivity index (χ0v) is 10.0. The third-order valence-corrected chi connectivity index (χ3v) is 2.37. The van der Waals surface area contributed by atoms with Crippen molar-refractivity contribution in [2.45, 2.75) is 0 Å². The predicted molar refractivity (Wildman–Crippen MR) is 66.6 cm³/mol. The van der Waals surface area contributed by atoms with Crippen LogP contribution in [0.15, 0.2) is 40.8 Å². The number of anilines is 1. The number of carboxylic acids is 1. The Balaban J connectivity index is 2.13. The Labute approximate surface area is 108 Å². The van der Waals surface area contributed by atoms with Gasteiger partial charge in [0.15, 0.2) is 5.76 Å². The van der Waals surface area contributed by atoms with Crippen molar-refractivity contribution in [1.82, 2.24) is 0 Å². The summed E-state index contributed by atoms with van der Waals surface area (Å²) in [5, 5.41) is 11.3. The zero-order chi connectivity index (χ0) is 13.8. The van der Waals surface area contributed by atoms with Crippen LogP contribution in [0, 0.1) is 0 Å². The summed E-state index contributed by atoms with van der Waals surface area (Å²) in [7, 11) is 1.52. The first-order valence-electron chi connectivity index (χ1n) is 5.38. The summed E-state index contributed by atoms with van der Waals surface area (Å²) in [6.45, 7) is 0. The van der Waals surface area contributed by atoms with Gasteiger partial charge < -0.3 is 19.6 Å². The molecule has 6 heteroatoms. The van der Waals surface area contributed by atoms with Gasteiger partial charge in [-0.1, -0.05) is 6.07 Å². The van der Waals surface area contributed by atoms with Gasteiger partial charge in [-0.3, -0.25) is 4.79 Å². The lowest BCUT2D eigenvalue weighted by molar-refractivity contribution is 0.0660. The standard InChI is InChI=1S/C13H11NO5/c1-18-9-4-2-3-8(7-9)14-12(15)10-5-6-11(19-10)13(16)17/h2-7H,1H3,(H,14,15)(H,16,17). The molecule has 98 valence electrons. The van der Waals surface area contributed by atoms with E-state index in [1.165, 1.54) is 19.2 Å². The quantitative estimate of drug-likeness (QED) is 0.881. The van der Waals surface area contributed by atoms with E-state index in [9.17, 15) is 9.59 Å². The molecule has 0 aliphatic heterocycles. The number of carboxylic acid groups (broad SMARTS) is 1. The van der Waals surface area contributed by atoms with E-state index in [-0.39, 0.29) is 11.5 Å². The zero-order valence-electron chi connectivity index (χ0n) is 10.0. The lowest BCUT2D eigenvalue weighted by Crippen LogP contribution is -2.10. The highest BCUT2D eigenvalue weighted by Crippen LogP contribution is 2.18. The summed E-state index contributed by atoms with van der Waals surface area (Å²) in [4.78, 5) is 22.4. The molecular formula is C13H11NO5. The molecule has 0 bridgehead atoms. The van der Waals surface area contributed by atoms with Crippen LogP contribution in [0.3, 0.4) is 0 Å². The molecule has 0 atom stereocenters. The fraction of sp³-hybridized carbons (Fsp3) is 0.0769. The number of aromatic carboxylic acids is 1. The Morgan fingerprint density at radius 1 is 1.21 bits per heavy atom. The molecular weight excluding hydrogens is 250 g/mol. The Hall–Kier alpha value is -2.76. The van der Waals surface area contributed by atoms with Gasteiger partial charge in [0, 0.05) is 11.8 Å². The molecule has 0 spiro atoms. The van der Waals surface area contributed by atoms with Crippen LogP contribution in [0.5, 0.6) is 5.75 Å². The molecule has 0 radical (unpaired) electrons. The number of carbonyl (C=O) groups is 2. The summed E-state index contributed by atoms with van der Waals surface area (Å²) in [5.74, 6) is -1.50. The third kappa shape index (κ3) is 2.92. The molecule has 0 fully saturated rings. The van der Waals surface area contributed by atoms with Gasteiger partial charge in [0.05, 0.1) is 7.11 Å². The molecule has 2 rings (SSSR count). The van der Waals surface area contributed by atoms with Crippen LogP contribution in [-0.4, -0.2) is 24.1 Å². The number of hydrogen-bond acceptors (Lipinski definition) is 4. The lowest BCUT2D eigenvalue weighted by Gasteiger charge is -2.05. The van der Waals surface area contributed by atoms with E-state index in [0.29, 0.717) is 11.4 Å². The van der Waals surface area contributed by atoms with E-state index in [1.54, 1.807) is 24.3 Å². The first-order chi connectivity index (χ1) is 9.10. The number of amides is 1. The Morgan fingerprint density at radius 2 is 1.95 bits per heavy atom. The van der Waals surface area contributed by atoms with Crippen molar-refractivity contribution in [3.8, 4) is 5.75 Å². The fourth-order valence-electron chi connectivity index (χ4n) is 1.47. The molecule has 0 unspecified atom stereocenters. The maximum Gasteiger partial charge on any atom is 0.371 e. The van der Waals surface area contributed by atoms with Crippen LogP contribution >= 0.6 is 0 Å². The number of hydrogen-bond donors (Lipinski definition) is 2. The molecule has 2 aromatic rings. The number of carbonyl (C=O) groups excluding carboxylic acids is 1. The lowest BCUT2D eigenvalue weighted by atomic mass is 10.3. The molecule has 0 saturated heterocycles. The Bertz CT molecular complexity index is 617. The first-order valence-corrected chi connectivity index (χ1v) is 5.38. The number of nitrogens with one attached hydrogen (secondary N) is 1. The molecule has 6 nitrogen and oxygen atoms in total. The predicted octanol–water partition coefficient (Wildman–Crippen LogP) is 2.24. The molecule has 2 N–H and O–H groups in total. The van der Waals surface area contributed by atoms with Crippen molar-refractivity contribution >= 4 is 17.6 Å². The molecule has 0 saturated carbocycles. The Morgan fingerprint density at radius 3 is 2.58 bits per heavy atom. The molecule has 1 heterocycles. The van der Waals surface area contributed by atoms with Crippen molar-refractivity contribution in [3.05, 3.63) is 47.9 Å². The monoisotopic (exact) mass is 261 g/mol. The van der Waals surface area contributed by atoms with E-state index in [2.05, 4.69) is 5.32 Å². The van der Waals surface area contributed by atoms with Crippen molar-refractivity contribution in [1.29, 1.82) is 0 Å². The summed E-state index contributed by atoms with van der Waals surface area (Å²) in [6, 6.07) is 9.31. The van der Waals surface area contributed by atoms with Crippen LogP contribution in [0.2, 0.25) is 0 Å². The third-order valence-electron chi connectivity index (χ3n) is 2.37. The topological polar surface area (TPSA) is 88.8 Å². The van der Waals surface area contributed by atoms with Gasteiger partial charge in [0.25, 0.3) is 5.91 Å². The maximum absolute atomic E-state index is 11.8. The summed E-state index contributed by atoms with van der Waals surface area (Å²) >= 11 is 0. The Kier molecular flexibility index (Phi) is 3.51. The summed E-state index contributed by atoms with van der Waals surface area (Å²) in [6.07, 6.45) is 0. The normalized spacial score (nSPS) is 9.95. The van der Waals surface area contributed by atoms with Gasteiger partial charge in [-0.25, -0.2) is 4.79 Å². The molecule has 1 amide bonds. The minimum Gasteiger partial charge on any atom is -0.497 e. The van der Waals surface area contributed by atoms with Crippen molar-refractivity contribution in [2.75, 3.05) is 12.4 Å². The van der Waals surface area contributed by atoms with Crippen LogP contribution in [0.25, 0.3) is 0 Å². The van der Waals surface area contributed by atoms with E-state index < -0.39 is 11.9 Å². The number of benzene rings is 1. The van der Waals surface area contributed by atoms with Gasteiger partial charge in [-0.2, -0.15) is 0 Å². The molecule has 0 aliphatic carbocycles. The molecule has 19 heavy (non-hydrogen) atoms. The summed E-state index contributed by atoms with van der Waals surface area (Å²) < 4.78 is 9.92. The van der Waals surface area contributed by atoms with Crippen LogP contribution in [0.4, 0.5) is 5.69 Å².